The Balaban J connectivity index is 2.05. The lowest BCUT2D eigenvalue weighted by Gasteiger charge is -2.35. The summed E-state index contributed by atoms with van der Waals surface area (Å²) < 4.78 is 11.6. The predicted octanol–water partition coefficient (Wildman–Crippen LogP) is 6.29. The first-order chi connectivity index (χ1) is 12.3. The number of thiazole rings is 1. The molecule has 0 aliphatic heterocycles. The first-order valence-corrected chi connectivity index (χ1v) is 13.0. The molecule has 0 aliphatic rings. The molecule has 27 heavy (non-hydrogen) atoms. The first kappa shape index (κ1) is 21.8. The molecule has 0 aliphatic carbocycles. The molecule has 1 heterocycles. The number of benzene rings is 1. The number of ether oxygens (including phenoxy) is 1. The number of hydrogen-bond acceptors (Lipinski definition) is 5. The van der Waals surface area contributed by atoms with Gasteiger partial charge in [-0.1, -0.05) is 32.9 Å². The van der Waals surface area contributed by atoms with Crippen LogP contribution in [0.2, 0.25) is 18.1 Å². The number of carbonyl (C=O) groups excluding carboxylic acids is 1. The third-order valence-electron chi connectivity index (χ3n) is 4.71. The zero-order chi connectivity index (χ0) is 20.5. The Morgan fingerprint density at radius 2 is 1.67 bits per heavy atom. The minimum absolute atomic E-state index is 0.184. The van der Waals surface area contributed by atoms with Gasteiger partial charge in [0.15, 0.2) is 8.32 Å². The first-order valence-electron chi connectivity index (χ1n) is 9.21. The van der Waals surface area contributed by atoms with Crippen molar-refractivity contribution in [1.29, 1.82) is 0 Å². The maximum Gasteiger partial charge on any atom is 0.338 e. The fourth-order valence-corrected chi connectivity index (χ4v) is 3.81. The molecular weight excluding hydrogens is 374 g/mol. The Bertz CT molecular complexity index is 783. The van der Waals surface area contributed by atoms with E-state index in [2.05, 4.69) is 33.9 Å². The van der Waals surface area contributed by atoms with Gasteiger partial charge in [-0.25, -0.2) is 9.78 Å². The van der Waals surface area contributed by atoms with Gasteiger partial charge >= 0.3 is 5.97 Å². The monoisotopic (exact) mass is 405 g/mol. The van der Waals surface area contributed by atoms with Gasteiger partial charge in [0.25, 0.3) is 0 Å². The van der Waals surface area contributed by atoms with Crippen LogP contribution in [0.3, 0.4) is 0 Å². The maximum atomic E-state index is 12.1. The summed E-state index contributed by atoms with van der Waals surface area (Å²) in [6.45, 7) is 17.3. The van der Waals surface area contributed by atoms with Crippen molar-refractivity contribution in [2.24, 2.45) is 0 Å². The van der Waals surface area contributed by atoms with E-state index >= 15 is 0 Å². The second-order valence-electron chi connectivity index (χ2n) is 9.27. The molecule has 0 N–H and O–H groups in total. The largest absolute Gasteiger partial charge is 0.456 e. The smallest absolute Gasteiger partial charge is 0.338 e. The average molecular weight is 406 g/mol. The number of carbonyl (C=O) groups is 1. The van der Waals surface area contributed by atoms with Crippen LogP contribution in [0.1, 0.15) is 57.6 Å². The van der Waals surface area contributed by atoms with Gasteiger partial charge in [0.05, 0.1) is 17.9 Å². The summed E-state index contributed by atoms with van der Waals surface area (Å²) >= 11 is 1.59. The number of esters is 1. The lowest BCUT2D eigenvalue weighted by molar-refractivity contribution is 0.00695. The van der Waals surface area contributed by atoms with Gasteiger partial charge in [0.2, 0.25) is 0 Å². The SMILES string of the molecule is CC(C)(C)OC(=O)c1ccc(-c2nc(CO[Si](C)(C)C(C)(C)C)cs2)cc1. The molecule has 0 atom stereocenters. The normalized spacial score (nSPS) is 12.9. The Hall–Kier alpha value is -1.50. The third-order valence-corrected chi connectivity index (χ3v) is 10.1. The lowest BCUT2D eigenvalue weighted by Crippen LogP contribution is -2.40. The fraction of sp³-hybridized carbons (Fsp3) is 0.524. The van der Waals surface area contributed by atoms with Crippen molar-refractivity contribution in [3.05, 3.63) is 40.9 Å². The second kappa shape index (κ2) is 7.85. The van der Waals surface area contributed by atoms with Crippen molar-refractivity contribution < 1.29 is 14.0 Å². The molecule has 1 aromatic carbocycles. The molecule has 0 saturated heterocycles. The van der Waals surface area contributed by atoms with Gasteiger partial charge in [0, 0.05) is 10.9 Å². The van der Waals surface area contributed by atoms with Crippen LogP contribution in [0.4, 0.5) is 0 Å². The molecule has 0 unspecified atom stereocenters. The van der Waals surface area contributed by atoms with E-state index in [9.17, 15) is 4.79 Å². The van der Waals surface area contributed by atoms with E-state index in [0.717, 1.165) is 16.3 Å². The Kier molecular flexibility index (Phi) is 6.34. The molecule has 2 aromatic rings. The van der Waals surface area contributed by atoms with Crippen LogP contribution in [0, 0.1) is 0 Å². The number of nitrogens with zero attached hydrogens (tertiary/aromatic N) is 1. The number of rotatable bonds is 5. The fourth-order valence-electron chi connectivity index (χ4n) is 2.06. The van der Waals surface area contributed by atoms with E-state index in [-0.39, 0.29) is 11.0 Å². The predicted molar refractivity (Wildman–Crippen MR) is 115 cm³/mol. The number of hydrogen-bond donors (Lipinski definition) is 0. The van der Waals surface area contributed by atoms with E-state index < -0.39 is 13.9 Å². The average Bonchev–Trinajstić information content (AvgIpc) is 2.99. The topological polar surface area (TPSA) is 48.4 Å². The highest BCUT2D eigenvalue weighted by Gasteiger charge is 2.37. The summed E-state index contributed by atoms with van der Waals surface area (Å²) in [5.74, 6) is -0.309. The van der Waals surface area contributed by atoms with E-state index in [1.807, 2.05) is 38.3 Å². The summed E-state index contributed by atoms with van der Waals surface area (Å²) in [4.78, 5) is 16.8. The summed E-state index contributed by atoms with van der Waals surface area (Å²) in [5.41, 5.74) is 2.00. The highest BCUT2D eigenvalue weighted by Crippen LogP contribution is 2.37. The quantitative estimate of drug-likeness (QED) is 0.433. The van der Waals surface area contributed by atoms with E-state index in [0.29, 0.717) is 12.2 Å². The van der Waals surface area contributed by atoms with Crippen LogP contribution in [0.5, 0.6) is 0 Å². The van der Waals surface area contributed by atoms with Crippen LogP contribution in [0.15, 0.2) is 29.6 Å². The lowest BCUT2D eigenvalue weighted by atomic mass is 10.1. The minimum Gasteiger partial charge on any atom is -0.456 e. The van der Waals surface area contributed by atoms with Crippen molar-refractivity contribution in [3.63, 3.8) is 0 Å². The van der Waals surface area contributed by atoms with Crippen molar-refractivity contribution in [1.82, 2.24) is 4.98 Å². The molecule has 0 amide bonds. The molecule has 2 rings (SSSR count). The van der Waals surface area contributed by atoms with Gasteiger partial charge in [-0.15, -0.1) is 11.3 Å². The van der Waals surface area contributed by atoms with Crippen molar-refractivity contribution in [3.8, 4) is 10.6 Å². The molecule has 0 saturated carbocycles. The van der Waals surface area contributed by atoms with Gasteiger partial charge < -0.3 is 9.16 Å². The van der Waals surface area contributed by atoms with E-state index in [4.69, 9.17) is 14.1 Å². The van der Waals surface area contributed by atoms with Crippen molar-refractivity contribution in [2.75, 3.05) is 0 Å². The van der Waals surface area contributed by atoms with E-state index in [1.165, 1.54) is 0 Å². The summed E-state index contributed by atoms with van der Waals surface area (Å²) in [6, 6.07) is 7.40. The van der Waals surface area contributed by atoms with E-state index in [1.54, 1.807) is 23.5 Å². The molecule has 0 spiro atoms. The summed E-state index contributed by atoms with van der Waals surface area (Å²) in [5, 5.41) is 3.16. The third kappa shape index (κ3) is 5.99. The van der Waals surface area contributed by atoms with Crippen LogP contribution in [-0.4, -0.2) is 24.9 Å². The molecule has 0 radical (unpaired) electrons. The van der Waals surface area contributed by atoms with Crippen molar-refractivity contribution >= 4 is 25.6 Å². The molecule has 4 nitrogen and oxygen atoms in total. The minimum atomic E-state index is -1.78. The Morgan fingerprint density at radius 3 is 2.19 bits per heavy atom. The van der Waals surface area contributed by atoms with Crippen LogP contribution in [0.25, 0.3) is 10.6 Å². The molecule has 0 bridgehead atoms. The summed E-state index contributed by atoms with van der Waals surface area (Å²) in [7, 11) is -1.78. The molecule has 0 fully saturated rings. The standard InChI is InChI=1S/C21H31NO3SSi/c1-20(2,3)25-19(23)16-11-9-15(10-12-16)18-22-17(14-26-18)13-24-27(7,8)21(4,5)6/h9-12,14H,13H2,1-8H3. The molecule has 1 aromatic heterocycles. The highest BCUT2D eigenvalue weighted by atomic mass is 32.1. The van der Waals surface area contributed by atoms with Crippen LogP contribution < -0.4 is 0 Å². The Morgan fingerprint density at radius 1 is 1.07 bits per heavy atom. The van der Waals surface area contributed by atoms with Crippen LogP contribution in [-0.2, 0) is 15.8 Å². The summed E-state index contributed by atoms with van der Waals surface area (Å²) in [6.07, 6.45) is 0. The van der Waals surface area contributed by atoms with Gasteiger partial charge in [-0.2, -0.15) is 0 Å². The molecule has 148 valence electrons. The van der Waals surface area contributed by atoms with Gasteiger partial charge in [0.1, 0.15) is 10.6 Å². The Labute approximate surface area is 168 Å². The zero-order valence-corrected chi connectivity index (χ0v) is 19.5. The number of aromatic nitrogens is 1. The van der Waals surface area contributed by atoms with Gasteiger partial charge in [-0.05, 0) is 51.0 Å². The second-order valence-corrected chi connectivity index (χ2v) is 14.9. The molecular formula is C21H31NO3SSi. The zero-order valence-electron chi connectivity index (χ0n) is 17.7. The maximum absolute atomic E-state index is 12.1. The van der Waals surface area contributed by atoms with Crippen molar-refractivity contribution in [2.45, 2.75) is 71.9 Å². The highest BCUT2D eigenvalue weighted by molar-refractivity contribution is 7.13. The molecule has 6 heteroatoms. The van der Waals surface area contributed by atoms with Gasteiger partial charge in [-0.3, -0.25) is 0 Å². The van der Waals surface area contributed by atoms with Crippen LogP contribution >= 0.6 is 11.3 Å².